The summed E-state index contributed by atoms with van der Waals surface area (Å²) in [5, 5.41) is 1.43. The lowest BCUT2D eigenvalue weighted by molar-refractivity contribution is -0.116. The number of carbonyl (C=O) groups is 1. The molecule has 0 saturated carbocycles. The maximum absolute atomic E-state index is 13.1. The molecule has 1 aromatic heterocycles. The van der Waals surface area contributed by atoms with Crippen LogP contribution in [0.15, 0.2) is 41.3 Å². The Kier molecular flexibility index (Phi) is 6.99. The van der Waals surface area contributed by atoms with Gasteiger partial charge in [-0.3, -0.25) is 9.69 Å². The summed E-state index contributed by atoms with van der Waals surface area (Å²) in [5.74, 6) is 0.446. The number of carbonyl (C=O) groups excluding carboxylic acids is 1. The highest BCUT2D eigenvalue weighted by atomic mass is 35.5. The Labute approximate surface area is 179 Å². The van der Waals surface area contributed by atoms with Crippen molar-refractivity contribution in [1.82, 2.24) is 9.88 Å². The van der Waals surface area contributed by atoms with Crippen LogP contribution in [0, 0.1) is 13.8 Å². The van der Waals surface area contributed by atoms with E-state index in [1.807, 2.05) is 33.2 Å². The molecule has 1 heterocycles. The minimum absolute atomic E-state index is 0.0650. The third-order valence-corrected chi connectivity index (χ3v) is 6.57. The van der Waals surface area contributed by atoms with E-state index in [9.17, 15) is 4.79 Å². The maximum Gasteiger partial charge on any atom is 0.239 e. The molecule has 0 spiro atoms. The smallest absolute Gasteiger partial charge is 0.239 e. The molecule has 2 aromatic carbocycles. The SMILES string of the molecule is Cc1ccc(SCC(=O)N(CCN(C)C)c2nc3c(C)cc(Cl)cc3s2)cc1. The molecule has 1 amide bonds. The number of aryl methyl sites for hydroxylation is 2. The predicted octanol–water partition coefficient (Wildman–Crippen LogP) is 5.25. The molecule has 0 aliphatic heterocycles. The first-order valence-corrected chi connectivity index (χ1v) is 11.2. The second-order valence-electron chi connectivity index (χ2n) is 7.02. The summed E-state index contributed by atoms with van der Waals surface area (Å²) >= 11 is 9.27. The molecule has 0 radical (unpaired) electrons. The number of thiazole rings is 1. The summed E-state index contributed by atoms with van der Waals surface area (Å²) in [7, 11) is 4.01. The molecule has 0 bridgehead atoms. The average Bonchev–Trinajstić information content (AvgIpc) is 3.05. The molecule has 0 aliphatic rings. The molecule has 28 heavy (non-hydrogen) atoms. The molecule has 4 nitrogen and oxygen atoms in total. The second kappa shape index (κ2) is 9.27. The van der Waals surface area contributed by atoms with Crippen LogP contribution in [-0.4, -0.2) is 48.7 Å². The normalized spacial score (nSPS) is 11.4. The van der Waals surface area contributed by atoms with Gasteiger partial charge in [0.1, 0.15) is 0 Å². The molecular weight excluding hydrogens is 410 g/mol. The molecule has 7 heteroatoms. The summed E-state index contributed by atoms with van der Waals surface area (Å²) in [6.45, 7) is 5.43. The summed E-state index contributed by atoms with van der Waals surface area (Å²) in [6, 6.07) is 12.1. The van der Waals surface area contributed by atoms with Crippen LogP contribution in [0.3, 0.4) is 0 Å². The van der Waals surface area contributed by atoms with E-state index in [2.05, 4.69) is 36.1 Å². The van der Waals surface area contributed by atoms with Gasteiger partial charge in [0.15, 0.2) is 5.13 Å². The van der Waals surface area contributed by atoms with Gasteiger partial charge in [-0.1, -0.05) is 40.6 Å². The first-order valence-electron chi connectivity index (χ1n) is 9.05. The van der Waals surface area contributed by atoms with Gasteiger partial charge in [-0.25, -0.2) is 4.98 Å². The molecule has 3 aromatic rings. The molecule has 3 rings (SSSR count). The van der Waals surface area contributed by atoms with E-state index in [1.54, 1.807) is 16.7 Å². The fourth-order valence-electron chi connectivity index (χ4n) is 2.74. The predicted molar refractivity (Wildman–Crippen MR) is 122 cm³/mol. The van der Waals surface area contributed by atoms with Crippen LogP contribution in [0.4, 0.5) is 5.13 Å². The van der Waals surface area contributed by atoms with Crippen LogP contribution in [0.5, 0.6) is 0 Å². The number of likely N-dealkylation sites (N-methyl/N-ethyl adjacent to an activating group) is 1. The van der Waals surface area contributed by atoms with E-state index >= 15 is 0 Å². The van der Waals surface area contributed by atoms with E-state index in [0.29, 0.717) is 17.3 Å². The van der Waals surface area contributed by atoms with Gasteiger partial charge in [0.25, 0.3) is 0 Å². The van der Waals surface area contributed by atoms with Gasteiger partial charge >= 0.3 is 0 Å². The van der Waals surface area contributed by atoms with Crippen LogP contribution in [0.1, 0.15) is 11.1 Å². The Hall–Kier alpha value is -1.60. The quantitative estimate of drug-likeness (QED) is 0.476. The summed E-state index contributed by atoms with van der Waals surface area (Å²) in [5.41, 5.74) is 3.16. The highest BCUT2D eigenvalue weighted by molar-refractivity contribution is 8.00. The van der Waals surface area contributed by atoms with Gasteiger partial charge in [-0.2, -0.15) is 0 Å². The van der Waals surface area contributed by atoms with Crippen LogP contribution >= 0.6 is 34.7 Å². The zero-order valence-corrected chi connectivity index (χ0v) is 18.9. The number of anilines is 1. The van der Waals surface area contributed by atoms with Crippen LogP contribution in [0.2, 0.25) is 5.02 Å². The number of hydrogen-bond donors (Lipinski definition) is 0. The van der Waals surface area contributed by atoms with Crippen molar-refractivity contribution in [2.45, 2.75) is 18.7 Å². The number of rotatable bonds is 7. The van der Waals surface area contributed by atoms with Crippen molar-refractivity contribution in [3.63, 3.8) is 0 Å². The minimum Gasteiger partial charge on any atom is -0.308 e. The zero-order valence-electron chi connectivity index (χ0n) is 16.5. The number of thioether (sulfide) groups is 1. The van der Waals surface area contributed by atoms with Gasteiger partial charge in [0, 0.05) is 23.0 Å². The molecule has 0 N–H and O–H groups in total. The second-order valence-corrected chi connectivity index (χ2v) is 9.51. The van der Waals surface area contributed by atoms with Crippen molar-refractivity contribution in [2.24, 2.45) is 0 Å². The largest absolute Gasteiger partial charge is 0.308 e. The molecule has 0 atom stereocenters. The van der Waals surface area contributed by atoms with Crippen LogP contribution < -0.4 is 4.90 Å². The Bertz CT molecular complexity index is 970. The number of nitrogens with zero attached hydrogens (tertiary/aromatic N) is 3. The third-order valence-electron chi connectivity index (χ3n) is 4.33. The number of fused-ring (bicyclic) bond motifs is 1. The first kappa shape index (κ1) is 21.1. The van der Waals surface area contributed by atoms with Gasteiger partial charge in [-0.15, -0.1) is 11.8 Å². The molecule has 0 fully saturated rings. The number of hydrogen-bond acceptors (Lipinski definition) is 5. The van der Waals surface area contributed by atoms with E-state index in [0.717, 1.165) is 32.4 Å². The monoisotopic (exact) mass is 433 g/mol. The lowest BCUT2D eigenvalue weighted by atomic mass is 10.2. The summed E-state index contributed by atoms with van der Waals surface area (Å²) < 4.78 is 1.01. The van der Waals surface area contributed by atoms with Gasteiger partial charge in [-0.05, 0) is 57.8 Å². The average molecular weight is 434 g/mol. The van der Waals surface area contributed by atoms with Crippen molar-refractivity contribution in [1.29, 1.82) is 0 Å². The Morgan fingerprint density at radius 1 is 1.14 bits per heavy atom. The highest BCUT2D eigenvalue weighted by Gasteiger charge is 2.21. The Morgan fingerprint density at radius 3 is 2.54 bits per heavy atom. The summed E-state index contributed by atoms with van der Waals surface area (Å²) in [4.78, 5) is 22.8. The van der Waals surface area contributed by atoms with Crippen molar-refractivity contribution >= 4 is 56.0 Å². The third kappa shape index (κ3) is 5.26. The molecule has 0 saturated heterocycles. The van der Waals surface area contributed by atoms with E-state index < -0.39 is 0 Å². The van der Waals surface area contributed by atoms with Gasteiger partial charge in [0.05, 0.1) is 16.0 Å². The first-order chi connectivity index (χ1) is 13.3. The van der Waals surface area contributed by atoms with E-state index in [4.69, 9.17) is 16.6 Å². The highest BCUT2D eigenvalue weighted by Crippen LogP contribution is 2.33. The number of amides is 1. The molecular formula is C21H24ClN3OS2. The van der Waals surface area contributed by atoms with Crippen molar-refractivity contribution in [2.75, 3.05) is 37.8 Å². The van der Waals surface area contributed by atoms with E-state index in [-0.39, 0.29) is 5.91 Å². The zero-order chi connectivity index (χ0) is 20.3. The number of aromatic nitrogens is 1. The summed E-state index contributed by atoms with van der Waals surface area (Å²) in [6.07, 6.45) is 0. The lowest BCUT2D eigenvalue weighted by Gasteiger charge is -2.21. The Morgan fingerprint density at radius 2 is 1.86 bits per heavy atom. The lowest BCUT2D eigenvalue weighted by Crippen LogP contribution is -2.37. The molecule has 0 unspecified atom stereocenters. The van der Waals surface area contributed by atoms with Gasteiger partial charge < -0.3 is 4.90 Å². The topological polar surface area (TPSA) is 36.4 Å². The molecule has 0 aliphatic carbocycles. The fraction of sp³-hybridized carbons (Fsp3) is 0.333. The standard InChI is InChI=1S/C21H24ClN3OS2/c1-14-5-7-17(8-6-14)27-13-19(26)25(10-9-24(3)4)21-23-20-15(2)11-16(22)12-18(20)28-21/h5-8,11-12H,9-10,13H2,1-4H3. The molecule has 148 valence electrons. The van der Waals surface area contributed by atoms with Crippen molar-refractivity contribution in [3.8, 4) is 0 Å². The van der Waals surface area contributed by atoms with Crippen LogP contribution in [0.25, 0.3) is 10.2 Å². The van der Waals surface area contributed by atoms with Crippen LogP contribution in [-0.2, 0) is 4.79 Å². The maximum atomic E-state index is 13.1. The Balaban J connectivity index is 1.82. The van der Waals surface area contributed by atoms with Gasteiger partial charge in [0.2, 0.25) is 5.91 Å². The van der Waals surface area contributed by atoms with E-state index in [1.165, 1.54) is 16.9 Å². The fourth-order valence-corrected chi connectivity index (χ4v) is 4.98. The van der Waals surface area contributed by atoms with Crippen molar-refractivity contribution < 1.29 is 4.79 Å². The minimum atomic E-state index is 0.0650. The number of benzene rings is 2. The number of halogens is 1. The van der Waals surface area contributed by atoms with Crippen molar-refractivity contribution in [3.05, 3.63) is 52.5 Å².